The first-order valence-corrected chi connectivity index (χ1v) is 13.1. The predicted molar refractivity (Wildman–Crippen MR) is 140 cm³/mol. The van der Waals surface area contributed by atoms with Gasteiger partial charge in [0.05, 0.1) is 0 Å². The molecule has 3 aliphatic rings. The van der Waals surface area contributed by atoms with Gasteiger partial charge in [0.1, 0.15) is 0 Å². The van der Waals surface area contributed by atoms with Crippen LogP contribution in [0.3, 0.4) is 0 Å². The van der Waals surface area contributed by atoms with E-state index in [9.17, 15) is 0 Å². The molecule has 0 unspecified atom stereocenters. The van der Waals surface area contributed by atoms with Gasteiger partial charge in [-0.2, -0.15) is 29.8 Å². The minimum Gasteiger partial charge on any atom is -0.179 e. The van der Waals surface area contributed by atoms with Gasteiger partial charge in [-0.3, -0.25) is 6.08 Å². The number of rotatable bonds is 2. The first kappa shape index (κ1) is 22.9. The average molecular weight is 514 g/mol. The van der Waals surface area contributed by atoms with Crippen molar-refractivity contribution in [3.63, 3.8) is 0 Å². The first-order valence-electron chi connectivity index (χ1n) is 11.8. The van der Waals surface area contributed by atoms with Crippen molar-refractivity contribution < 1.29 is 24.2 Å². The first-order chi connectivity index (χ1) is 16.8. The maximum atomic E-state index is 3.52. The molecule has 34 heavy (non-hydrogen) atoms. The molecule has 0 saturated heterocycles. The Morgan fingerprint density at radius 2 is 1.32 bits per heavy atom. The molecule has 0 spiro atoms. The fourth-order valence-corrected chi connectivity index (χ4v) is 4.40. The van der Waals surface area contributed by atoms with E-state index < -0.39 is 0 Å². The Hall–Kier alpha value is -2.89. The molecule has 0 atom stereocenters. The molecule has 4 aromatic rings. The van der Waals surface area contributed by atoms with Gasteiger partial charge in [0.2, 0.25) is 0 Å². The standard InChI is InChI=1S/C25H17.C5H5.C3H4.Zr/c1-3-7-18(8-4-1)20-11-13-22-15-23-14-12-21(17-25(23)24(22)16-20)19-9-5-2-6-10-19;1-2-4-5-3-1;1-2-3-1;/h1-13,16-17H,15H2;1-3H,4H2;1-2H2;/q2*-1;;+2. The molecule has 0 heterocycles. The summed E-state index contributed by atoms with van der Waals surface area (Å²) < 4.78 is 1.76. The Kier molecular flexibility index (Phi) is 7.42. The van der Waals surface area contributed by atoms with E-state index in [4.69, 9.17) is 0 Å². The Balaban J connectivity index is 0.000000223. The van der Waals surface area contributed by atoms with Crippen LogP contribution in [0.4, 0.5) is 0 Å². The molecule has 4 aromatic carbocycles. The van der Waals surface area contributed by atoms with Crippen LogP contribution in [0.2, 0.25) is 0 Å². The van der Waals surface area contributed by atoms with Gasteiger partial charge in [-0.15, -0.1) is 17.5 Å². The molecule has 0 radical (unpaired) electrons. The van der Waals surface area contributed by atoms with E-state index >= 15 is 0 Å². The maximum absolute atomic E-state index is 3.52. The zero-order chi connectivity index (χ0) is 23.2. The van der Waals surface area contributed by atoms with Gasteiger partial charge in [0.15, 0.2) is 0 Å². The molecule has 1 saturated carbocycles. The zero-order valence-electron chi connectivity index (χ0n) is 19.2. The second-order valence-electron chi connectivity index (χ2n) is 8.67. The van der Waals surface area contributed by atoms with Gasteiger partial charge in [-0.25, -0.2) is 12.2 Å². The Morgan fingerprint density at radius 1 is 0.676 bits per heavy atom. The fraction of sp³-hybridized carbons (Fsp3) is 0.121. The Labute approximate surface area is 218 Å². The number of fused-ring (bicyclic) bond motifs is 3. The fourth-order valence-electron chi connectivity index (χ4n) is 4.10. The van der Waals surface area contributed by atoms with Crippen molar-refractivity contribution >= 4 is 3.21 Å². The van der Waals surface area contributed by atoms with Crippen molar-refractivity contribution in [2.45, 2.75) is 25.7 Å². The summed E-state index contributed by atoms with van der Waals surface area (Å²) in [7, 11) is 0. The molecule has 7 rings (SSSR count). The summed E-state index contributed by atoms with van der Waals surface area (Å²) in [5.74, 6) is 0. The number of benzene rings is 4. The average Bonchev–Trinajstić information content (AvgIpc) is 3.34. The van der Waals surface area contributed by atoms with E-state index in [2.05, 4.69) is 109 Å². The van der Waals surface area contributed by atoms with E-state index in [1.54, 1.807) is 27.4 Å². The third kappa shape index (κ3) is 5.78. The molecule has 0 amide bonds. The summed E-state index contributed by atoms with van der Waals surface area (Å²) in [6.45, 7) is 0. The summed E-state index contributed by atoms with van der Waals surface area (Å²) in [6.07, 6.45) is 13.9. The van der Waals surface area contributed by atoms with Gasteiger partial charge < -0.3 is 0 Å². The number of hydrogen-bond acceptors (Lipinski definition) is 0. The monoisotopic (exact) mass is 512 g/mol. The van der Waals surface area contributed by atoms with E-state index in [0.29, 0.717) is 0 Å². The van der Waals surface area contributed by atoms with Gasteiger partial charge >= 0.3 is 40.3 Å². The van der Waals surface area contributed by atoms with Crippen LogP contribution < -0.4 is 0 Å². The van der Waals surface area contributed by atoms with Gasteiger partial charge in [0.25, 0.3) is 0 Å². The van der Waals surface area contributed by atoms with Crippen LogP contribution in [-0.4, -0.2) is 3.21 Å². The minimum atomic E-state index is 0.981. The third-order valence-electron chi connectivity index (χ3n) is 6.09. The van der Waals surface area contributed by atoms with Crippen LogP contribution >= 0.6 is 0 Å². The Morgan fingerprint density at radius 3 is 1.88 bits per heavy atom. The van der Waals surface area contributed by atoms with Crippen LogP contribution in [0.15, 0.2) is 109 Å². The smallest absolute Gasteiger partial charge is 0.0184 e. The van der Waals surface area contributed by atoms with E-state index in [0.717, 1.165) is 12.8 Å². The normalized spacial score (nSPS) is 13.9. The molecular weight excluding hydrogens is 488 g/mol. The predicted octanol–water partition coefficient (Wildman–Crippen LogP) is 8.20. The molecule has 162 valence electrons. The molecule has 3 aliphatic carbocycles. The van der Waals surface area contributed by atoms with Gasteiger partial charge in [-0.05, 0) is 17.5 Å². The van der Waals surface area contributed by atoms with Crippen molar-refractivity contribution in [3.8, 4) is 33.4 Å². The topological polar surface area (TPSA) is 0 Å². The van der Waals surface area contributed by atoms with E-state index in [1.165, 1.54) is 57.3 Å². The molecule has 0 aromatic heterocycles. The molecule has 0 aliphatic heterocycles. The van der Waals surface area contributed by atoms with E-state index in [-0.39, 0.29) is 0 Å². The Bertz CT molecular complexity index is 1240. The minimum absolute atomic E-state index is 0.981. The summed E-state index contributed by atoms with van der Waals surface area (Å²) in [6, 6.07) is 35.9. The largest absolute Gasteiger partial charge is 0.179 e. The van der Waals surface area contributed by atoms with Crippen LogP contribution in [0.25, 0.3) is 33.4 Å². The van der Waals surface area contributed by atoms with Gasteiger partial charge in [0, 0.05) is 0 Å². The quantitative estimate of drug-likeness (QED) is 0.209. The molecular formula is C33H26Zr. The molecule has 0 nitrogen and oxygen atoms in total. The van der Waals surface area contributed by atoms with Crippen molar-refractivity contribution in [2.75, 3.05) is 0 Å². The van der Waals surface area contributed by atoms with Crippen molar-refractivity contribution in [1.82, 2.24) is 0 Å². The molecule has 0 bridgehead atoms. The molecule has 1 fully saturated rings. The zero-order valence-corrected chi connectivity index (χ0v) is 21.7. The number of allylic oxidation sites excluding steroid dienone is 4. The third-order valence-corrected chi connectivity index (χ3v) is 7.32. The van der Waals surface area contributed by atoms with Crippen molar-refractivity contribution in [3.05, 3.63) is 132 Å². The van der Waals surface area contributed by atoms with Crippen LogP contribution in [0, 0.1) is 12.1 Å². The maximum Gasteiger partial charge on any atom is -0.0184 e. The molecule has 1 heteroatoms. The van der Waals surface area contributed by atoms with Crippen LogP contribution in [0.5, 0.6) is 0 Å². The van der Waals surface area contributed by atoms with Crippen molar-refractivity contribution in [1.29, 1.82) is 0 Å². The van der Waals surface area contributed by atoms with Gasteiger partial charge in [-0.1, -0.05) is 95.6 Å². The molecule has 0 N–H and O–H groups in total. The summed E-state index contributed by atoms with van der Waals surface area (Å²) in [5, 5.41) is 0. The number of hydrogen-bond donors (Lipinski definition) is 0. The summed E-state index contributed by atoms with van der Waals surface area (Å²) >= 11 is 1.66. The summed E-state index contributed by atoms with van der Waals surface area (Å²) in [4.78, 5) is 0. The SMILES string of the molecule is [C-]1=CC=CC1.[Zr+2]=[C]1CC1.[c-]1cc(-c2ccccc2)cc2c1Cc1ccc(-c3ccccc3)cc1-2. The second-order valence-corrected chi connectivity index (χ2v) is 10.4. The van der Waals surface area contributed by atoms with Crippen LogP contribution in [-0.2, 0) is 30.7 Å². The van der Waals surface area contributed by atoms with Crippen LogP contribution in [0.1, 0.15) is 30.4 Å². The van der Waals surface area contributed by atoms with E-state index in [1.807, 2.05) is 12.2 Å². The second kappa shape index (κ2) is 11.0. The van der Waals surface area contributed by atoms with Crippen molar-refractivity contribution in [2.24, 2.45) is 0 Å². The summed E-state index contributed by atoms with van der Waals surface area (Å²) in [5.41, 5.74) is 10.4.